The van der Waals surface area contributed by atoms with Gasteiger partial charge in [-0.1, -0.05) is 18.2 Å². The molecular formula is C15H17N3O3. The SMILES string of the molecule is COC(=O)c1nccc(NCCc2ccccc2OC)n1. The summed E-state index contributed by atoms with van der Waals surface area (Å²) in [6, 6.07) is 9.55. The van der Waals surface area contributed by atoms with Crippen LogP contribution in [0.5, 0.6) is 5.75 Å². The average Bonchev–Trinajstić information content (AvgIpc) is 2.55. The molecule has 0 saturated carbocycles. The van der Waals surface area contributed by atoms with Crippen molar-refractivity contribution in [1.82, 2.24) is 9.97 Å². The van der Waals surface area contributed by atoms with E-state index in [1.54, 1.807) is 13.2 Å². The molecule has 6 nitrogen and oxygen atoms in total. The van der Waals surface area contributed by atoms with E-state index in [-0.39, 0.29) is 5.82 Å². The number of benzene rings is 1. The van der Waals surface area contributed by atoms with Gasteiger partial charge in [-0.2, -0.15) is 0 Å². The van der Waals surface area contributed by atoms with Gasteiger partial charge in [0.15, 0.2) is 0 Å². The zero-order valence-corrected chi connectivity index (χ0v) is 12.0. The van der Waals surface area contributed by atoms with Crippen molar-refractivity contribution in [1.29, 1.82) is 0 Å². The zero-order chi connectivity index (χ0) is 15.1. The number of para-hydroxylation sites is 1. The molecule has 1 aromatic heterocycles. The van der Waals surface area contributed by atoms with Gasteiger partial charge in [0.25, 0.3) is 0 Å². The Morgan fingerprint density at radius 2 is 2.05 bits per heavy atom. The molecule has 0 amide bonds. The van der Waals surface area contributed by atoms with E-state index in [0.717, 1.165) is 17.7 Å². The zero-order valence-electron chi connectivity index (χ0n) is 12.0. The molecule has 0 fully saturated rings. The second kappa shape index (κ2) is 7.23. The Labute approximate surface area is 123 Å². The van der Waals surface area contributed by atoms with Crippen molar-refractivity contribution >= 4 is 11.8 Å². The van der Waals surface area contributed by atoms with Gasteiger partial charge < -0.3 is 14.8 Å². The van der Waals surface area contributed by atoms with Crippen LogP contribution in [-0.4, -0.2) is 36.7 Å². The number of carbonyl (C=O) groups is 1. The number of hydrogen-bond acceptors (Lipinski definition) is 6. The maximum atomic E-state index is 11.4. The van der Waals surface area contributed by atoms with E-state index in [0.29, 0.717) is 12.4 Å². The first-order valence-electron chi connectivity index (χ1n) is 6.51. The predicted octanol–water partition coefficient (Wildman–Crippen LogP) is 1.93. The number of anilines is 1. The van der Waals surface area contributed by atoms with E-state index in [2.05, 4.69) is 20.0 Å². The molecule has 0 aliphatic rings. The Morgan fingerprint density at radius 3 is 2.81 bits per heavy atom. The van der Waals surface area contributed by atoms with Crippen molar-refractivity contribution in [3.8, 4) is 5.75 Å². The van der Waals surface area contributed by atoms with Crippen molar-refractivity contribution in [2.75, 3.05) is 26.1 Å². The Morgan fingerprint density at radius 1 is 1.24 bits per heavy atom. The van der Waals surface area contributed by atoms with Gasteiger partial charge in [0.2, 0.25) is 5.82 Å². The normalized spacial score (nSPS) is 10.0. The van der Waals surface area contributed by atoms with Crippen LogP contribution in [0.4, 0.5) is 5.82 Å². The molecule has 0 aliphatic carbocycles. The van der Waals surface area contributed by atoms with Crippen LogP contribution < -0.4 is 10.1 Å². The highest BCUT2D eigenvalue weighted by Crippen LogP contribution is 2.17. The summed E-state index contributed by atoms with van der Waals surface area (Å²) in [5.74, 6) is 0.931. The topological polar surface area (TPSA) is 73.3 Å². The number of rotatable bonds is 6. The molecule has 0 radical (unpaired) electrons. The number of nitrogens with one attached hydrogen (secondary N) is 1. The number of aromatic nitrogens is 2. The van der Waals surface area contributed by atoms with E-state index in [1.807, 2.05) is 24.3 Å². The minimum Gasteiger partial charge on any atom is -0.496 e. The Kier molecular flexibility index (Phi) is 5.09. The summed E-state index contributed by atoms with van der Waals surface area (Å²) in [4.78, 5) is 19.3. The quantitative estimate of drug-likeness (QED) is 0.818. The lowest BCUT2D eigenvalue weighted by molar-refractivity contribution is 0.0587. The lowest BCUT2D eigenvalue weighted by Gasteiger charge is -2.09. The number of ether oxygens (including phenoxy) is 2. The first-order chi connectivity index (χ1) is 10.2. The second-order valence-corrected chi connectivity index (χ2v) is 4.25. The summed E-state index contributed by atoms with van der Waals surface area (Å²) in [5, 5.41) is 3.15. The molecule has 21 heavy (non-hydrogen) atoms. The molecule has 2 aromatic rings. The number of esters is 1. The number of nitrogens with zero attached hydrogens (tertiary/aromatic N) is 2. The van der Waals surface area contributed by atoms with E-state index in [4.69, 9.17) is 4.74 Å². The van der Waals surface area contributed by atoms with Crippen LogP contribution in [0.25, 0.3) is 0 Å². The second-order valence-electron chi connectivity index (χ2n) is 4.25. The van der Waals surface area contributed by atoms with Crippen LogP contribution in [-0.2, 0) is 11.2 Å². The molecule has 0 saturated heterocycles. The van der Waals surface area contributed by atoms with Crippen LogP contribution in [0.15, 0.2) is 36.5 Å². The standard InChI is InChI=1S/C15H17N3O3/c1-20-12-6-4-3-5-11(12)7-9-16-13-8-10-17-14(18-13)15(19)21-2/h3-6,8,10H,7,9H2,1-2H3,(H,16,17,18). The Hall–Kier alpha value is -2.63. The molecular weight excluding hydrogens is 270 g/mol. The van der Waals surface area contributed by atoms with E-state index in [9.17, 15) is 4.79 Å². The lowest BCUT2D eigenvalue weighted by Crippen LogP contribution is -2.11. The maximum Gasteiger partial charge on any atom is 0.376 e. The highest BCUT2D eigenvalue weighted by molar-refractivity contribution is 5.85. The summed E-state index contributed by atoms with van der Waals surface area (Å²) in [6.45, 7) is 0.665. The monoisotopic (exact) mass is 287 g/mol. The van der Waals surface area contributed by atoms with E-state index >= 15 is 0 Å². The van der Waals surface area contributed by atoms with Gasteiger partial charge in [0, 0.05) is 12.7 Å². The van der Waals surface area contributed by atoms with Crippen LogP contribution in [0.2, 0.25) is 0 Å². The van der Waals surface area contributed by atoms with Gasteiger partial charge in [-0.25, -0.2) is 14.8 Å². The molecule has 1 heterocycles. The summed E-state index contributed by atoms with van der Waals surface area (Å²) in [6.07, 6.45) is 2.30. The molecule has 0 spiro atoms. The Balaban J connectivity index is 1.96. The predicted molar refractivity (Wildman–Crippen MR) is 78.6 cm³/mol. The minimum absolute atomic E-state index is 0.0415. The van der Waals surface area contributed by atoms with Crippen molar-refractivity contribution in [2.45, 2.75) is 6.42 Å². The van der Waals surface area contributed by atoms with Crippen LogP contribution in [0.3, 0.4) is 0 Å². The Bertz CT molecular complexity index is 617. The molecule has 2 rings (SSSR count). The third-order valence-corrected chi connectivity index (χ3v) is 2.92. The number of carbonyl (C=O) groups excluding carboxylic acids is 1. The minimum atomic E-state index is -0.552. The molecule has 0 atom stereocenters. The largest absolute Gasteiger partial charge is 0.496 e. The summed E-state index contributed by atoms with van der Waals surface area (Å²) in [7, 11) is 2.95. The van der Waals surface area contributed by atoms with E-state index < -0.39 is 5.97 Å². The molecule has 0 bridgehead atoms. The molecule has 0 unspecified atom stereocenters. The molecule has 0 aliphatic heterocycles. The number of hydrogen-bond donors (Lipinski definition) is 1. The number of methoxy groups -OCH3 is 2. The van der Waals surface area contributed by atoms with Crippen molar-refractivity contribution in [3.63, 3.8) is 0 Å². The average molecular weight is 287 g/mol. The highest BCUT2D eigenvalue weighted by Gasteiger charge is 2.09. The van der Waals surface area contributed by atoms with Gasteiger partial charge in [0.05, 0.1) is 14.2 Å². The van der Waals surface area contributed by atoms with Crippen LogP contribution >= 0.6 is 0 Å². The summed E-state index contributed by atoms with van der Waals surface area (Å²) >= 11 is 0. The molecule has 6 heteroatoms. The summed E-state index contributed by atoms with van der Waals surface area (Å²) in [5.41, 5.74) is 1.11. The van der Waals surface area contributed by atoms with Crippen LogP contribution in [0.1, 0.15) is 16.2 Å². The molecule has 1 aromatic carbocycles. The first kappa shape index (κ1) is 14.8. The maximum absolute atomic E-state index is 11.4. The fourth-order valence-electron chi connectivity index (χ4n) is 1.88. The smallest absolute Gasteiger partial charge is 0.376 e. The van der Waals surface area contributed by atoms with E-state index in [1.165, 1.54) is 13.3 Å². The lowest BCUT2D eigenvalue weighted by atomic mass is 10.1. The van der Waals surface area contributed by atoms with Gasteiger partial charge >= 0.3 is 5.97 Å². The molecule has 110 valence electrons. The third-order valence-electron chi connectivity index (χ3n) is 2.92. The van der Waals surface area contributed by atoms with Gasteiger partial charge in [-0.3, -0.25) is 0 Å². The van der Waals surface area contributed by atoms with Crippen molar-refractivity contribution in [2.24, 2.45) is 0 Å². The van der Waals surface area contributed by atoms with Gasteiger partial charge in [-0.15, -0.1) is 0 Å². The third kappa shape index (κ3) is 3.92. The molecule has 1 N–H and O–H groups in total. The van der Waals surface area contributed by atoms with Crippen molar-refractivity contribution in [3.05, 3.63) is 47.9 Å². The van der Waals surface area contributed by atoms with Crippen molar-refractivity contribution < 1.29 is 14.3 Å². The first-order valence-corrected chi connectivity index (χ1v) is 6.51. The van der Waals surface area contributed by atoms with Crippen LogP contribution in [0, 0.1) is 0 Å². The fraction of sp³-hybridized carbons (Fsp3) is 0.267. The summed E-state index contributed by atoms with van der Waals surface area (Å²) < 4.78 is 9.89. The highest BCUT2D eigenvalue weighted by atomic mass is 16.5. The van der Waals surface area contributed by atoms with Gasteiger partial charge in [-0.05, 0) is 24.1 Å². The van der Waals surface area contributed by atoms with Gasteiger partial charge in [0.1, 0.15) is 11.6 Å². The fourth-order valence-corrected chi connectivity index (χ4v) is 1.88.